The van der Waals surface area contributed by atoms with E-state index < -0.39 is 0 Å². The molecular formula is C34H28FN3OS. The van der Waals surface area contributed by atoms with Crippen LogP contribution in [0.25, 0.3) is 17.0 Å². The Kier molecular flexibility index (Phi) is 7.10. The van der Waals surface area contributed by atoms with Gasteiger partial charge >= 0.3 is 0 Å². The molecule has 0 spiro atoms. The van der Waals surface area contributed by atoms with Gasteiger partial charge in [-0.15, -0.1) is 0 Å². The summed E-state index contributed by atoms with van der Waals surface area (Å²) in [5, 5.41) is 1.73. The Labute approximate surface area is 237 Å². The summed E-state index contributed by atoms with van der Waals surface area (Å²) in [5.74, 6) is -0.312. The van der Waals surface area contributed by atoms with Crippen molar-refractivity contribution >= 4 is 45.5 Å². The summed E-state index contributed by atoms with van der Waals surface area (Å²) in [4.78, 5) is 21.3. The maximum absolute atomic E-state index is 14.0. The molecule has 1 atom stereocenters. The van der Waals surface area contributed by atoms with Crippen molar-refractivity contribution in [3.05, 3.63) is 142 Å². The second kappa shape index (κ2) is 11.0. The largest absolute Gasteiger partial charge is 0.340 e. The van der Waals surface area contributed by atoms with Crippen molar-refractivity contribution in [2.24, 2.45) is 4.99 Å². The first-order valence-electron chi connectivity index (χ1n) is 13.2. The summed E-state index contributed by atoms with van der Waals surface area (Å²) >= 11 is 1.41. The van der Waals surface area contributed by atoms with Gasteiger partial charge in [0.05, 0.1) is 16.6 Å². The molecule has 0 saturated carbocycles. The maximum atomic E-state index is 14.0. The highest BCUT2D eigenvalue weighted by Gasteiger charge is 2.37. The van der Waals surface area contributed by atoms with Crippen LogP contribution in [0.2, 0.25) is 0 Å². The van der Waals surface area contributed by atoms with Crippen molar-refractivity contribution in [2.45, 2.75) is 26.4 Å². The molecule has 40 heavy (non-hydrogen) atoms. The minimum absolute atomic E-state index is 0.0641. The third kappa shape index (κ3) is 4.98. The van der Waals surface area contributed by atoms with Gasteiger partial charge in [0.15, 0.2) is 5.17 Å². The smallest absolute Gasteiger partial charge is 0.267 e. The fourth-order valence-electron chi connectivity index (χ4n) is 5.15. The van der Waals surface area contributed by atoms with E-state index in [0.717, 1.165) is 39.0 Å². The van der Waals surface area contributed by atoms with E-state index in [1.807, 2.05) is 97.9 Å². The number of aromatic nitrogens is 1. The molecule has 0 radical (unpaired) electrons. The van der Waals surface area contributed by atoms with Gasteiger partial charge in [0.1, 0.15) is 5.82 Å². The Bertz CT molecular complexity index is 1740. The molecule has 1 fully saturated rings. The standard InChI is InChI=1S/C34H28FN3OS/c1-23(26-11-5-3-6-12-26)38-33(39)32(40-34(38)36-28-13-7-4-8-14-28)21-30-24(2)37(31-16-10-9-15-29(30)31)22-25-17-19-27(35)20-18-25/h3-21,23H,22H2,1-2H3/b32-21+,36-34?/t23-/m1/s1. The van der Waals surface area contributed by atoms with Crippen molar-refractivity contribution in [2.75, 3.05) is 0 Å². The molecule has 1 saturated heterocycles. The molecule has 2 heterocycles. The van der Waals surface area contributed by atoms with Crippen LogP contribution in [0.15, 0.2) is 119 Å². The van der Waals surface area contributed by atoms with Crippen LogP contribution in [0.1, 0.15) is 35.3 Å². The molecule has 1 amide bonds. The molecule has 4 nitrogen and oxygen atoms in total. The van der Waals surface area contributed by atoms with E-state index in [9.17, 15) is 9.18 Å². The molecule has 1 aromatic heterocycles. The lowest BCUT2D eigenvalue weighted by Gasteiger charge is -2.24. The van der Waals surface area contributed by atoms with E-state index in [1.165, 1.54) is 23.9 Å². The SMILES string of the molecule is Cc1c(/C=C2/SC(=Nc3ccccc3)N([C@H](C)c3ccccc3)C2=O)c2ccccc2n1Cc1ccc(F)cc1. The van der Waals surface area contributed by atoms with Crippen molar-refractivity contribution in [1.29, 1.82) is 0 Å². The third-order valence-corrected chi connectivity index (χ3v) is 8.28. The zero-order valence-corrected chi connectivity index (χ0v) is 23.1. The van der Waals surface area contributed by atoms with E-state index in [1.54, 1.807) is 4.90 Å². The van der Waals surface area contributed by atoms with Crippen molar-refractivity contribution in [3.8, 4) is 0 Å². The fraction of sp³-hybridized carbons (Fsp3) is 0.118. The molecule has 198 valence electrons. The molecular weight excluding hydrogens is 517 g/mol. The Hall–Kier alpha value is -4.42. The first-order valence-corrected chi connectivity index (χ1v) is 14.1. The number of amidine groups is 1. The molecule has 6 rings (SSSR count). The van der Waals surface area contributed by atoms with Gasteiger partial charge in [0, 0.05) is 28.7 Å². The van der Waals surface area contributed by atoms with E-state index >= 15 is 0 Å². The summed E-state index contributed by atoms with van der Waals surface area (Å²) in [6, 6.07) is 34.4. The number of amides is 1. The predicted octanol–water partition coefficient (Wildman–Crippen LogP) is 8.50. The second-order valence-electron chi connectivity index (χ2n) is 9.83. The monoisotopic (exact) mass is 545 g/mol. The van der Waals surface area contributed by atoms with Crippen LogP contribution >= 0.6 is 11.8 Å². The van der Waals surface area contributed by atoms with Crippen LogP contribution in [-0.2, 0) is 11.3 Å². The van der Waals surface area contributed by atoms with Crippen molar-refractivity contribution < 1.29 is 9.18 Å². The van der Waals surface area contributed by atoms with Crippen molar-refractivity contribution in [1.82, 2.24) is 9.47 Å². The number of thioether (sulfide) groups is 1. The van der Waals surface area contributed by atoms with Crippen molar-refractivity contribution in [3.63, 3.8) is 0 Å². The first-order chi connectivity index (χ1) is 19.5. The third-order valence-electron chi connectivity index (χ3n) is 7.30. The maximum Gasteiger partial charge on any atom is 0.267 e. The number of fused-ring (bicyclic) bond motifs is 1. The summed E-state index contributed by atoms with van der Waals surface area (Å²) in [6.07, 6.45) is 2.00. The van der Waals surface area contributed by atoms with Gasteiger partial charge in [-0.25, -0.2) is 9.38 Å². The number of hydrogen-bond acceptors (Lipinski definition) is 3. The molecule has 0 unspecified atom stereocenters. The van der Waals surface area contributed by atoms with Gasteiger partial charge in [-0.05, 0) is 73.1 Å². The average Bonchev–Trinajstić information content (AvgIpc) is 3.43. The van der Waals surface area contributed by atoms with Gasteiger partial charge in [-0.1, -0.05) is 78.9 Å². The van der Waals surface area contributed by atoms with Gasteiger partial charge in [-0.2, -0.15) is 0 Å². The second-order valence-corrected chi connectivity index (χ2v) is 10.8. The highest BCUT2D eigenvalue weighted by Crippen LogP contribution is 2.40. The quantitative estimate of drug-likeness (QED) is 0.201. The summed E-state index contributed by atoms with van der Waals surface area (Å²) < 4.78 is 15.8. The van der Waals surface area contributed by atoms with Crippen LogP contribution in [0.5, 0.6) is 0 Å². The van der Waals surface area contributed by atoms with Crippen LogP contribution in [0.3, 0.4) is 0 Å². The molecule has 0 aliphatic carbocycles. The molecule has 0 bridgehead atoms. The normalized spacial score (nSPS) is 16.4. The number of benzene rings is 4. The van der Waals surface area contributed by atoms with Crippen LogP contribution in [-0.4, -0.2) is 20.5 Å². The summed E-state index contributed by atoms with van der Waals surface area (Å²) in [6.45, 7) is 4.72. The molecule has 5 aromatic rings. The highest BCUT2D eigenvalue weighted by molar-refractivity contribution is 8.18. The lowest BCUT2D eigenvalue weighted by atomic mass is 10.1. The molecule has 1 aliphatic heterocycles. The van der Waals surface area contributed by atoms with E-state index in [2.05, 4.69) is 23.6 Å². The number of para-hydroxylation sites is 2. The number of nitrogens with zero attached hydrogens (tertiary/aromatic N) is 3. The van der Waals surface area contributed by atoms with E-state index in [-0.39, 0.29) is 17.8 Å². The first kappa shape index (κ1) is 25.8. The average molecular weight is 546 g/mol. The number of rotatable bonds is 6. The van der Waals surface area contributed by atoms with E-state index in [0.29, 0.717) is 16.6 Å². The van der Waals surface area contributed by atoms with Crippen LogP contribution in [0, 0.1) is 12.7 Å². The number of halogens is 1. The van der Waals surface area contributed by atoms with Gasteiger partial charge in [0.25, 0.3) is 5.91 Å². The number of hydrogen-bond donors (Lipinski definition) is 0. The minimum atomic E-state index is -0.248. The van der Waals surface area contributed by atoms with Gasteiger partial charge in [-0.3, -0.25) is 9.69 Å². The lowest BCUT2D eigenvalue weighted by Crippen LogP contribution is -2.32. The summed E-state index contributed by atoms with van der Waals surface area (Å²) in [5.41, 5.74) is 5.97. The molecule has 6 heteroatoms. The zero-order chi connectivity index (χ0) is 27.6. The topological polar surface area (TPSA) is 37.6 Å². The predicted molar refractivity (Wildman–Crippen MR) is 163 cm³/mol. The minimum Gasteiger partial charge on any atom is -0.340 e. The molecule has 4 aromatic carbocycles. The molecule has 0 N–H and O–H groups in total. The van der Waals surface area contributed by atoms with Crippen LogP contribution < -0.4 is 0 Å². The molecule has 1 aliphatic rings. The number of carbonyl (C=O) groups excluding carboxylic acids is 1. The lowest BCUT2D eigenvalue weighted by molar-refractivity contribution is -0.123. The number of aliphatic imine (C=N–C) groups is 1. The Morgan fingerprint density at radius 1 is 0.875 bits per heavy atom. The zero-order valence-electron chi connectivity index (χ0n) is 22.3. The summed E-state index contributed by atoms with van der Waals surface area (Å²) in [7, 11) is 0. The Morgan fingerprint density at radius 2 is 1.52 bits per heavy atom. The Morgan fingerprint density at radius 3 is 2.25 bits per heavy atom. The van der Waals surface area contributed by atoms with E-state index in [4.69, 9.17) is 4.99 Å². The van der Waals surface area contributed by atoms with Crippen LogP contribution in [0.4, 0.5) is 10.1 Å². The van der Waals surface area contributed by atoms with Gasteiger partial charge < -0.3 is 4.57 Å². The number of carbonyl (C=O) groups is 1. The fourth-order valence-corrected chi connectivity index (χ4v) is 6.20. The Balaban J connectivity index is 1.44. The van der Waals surface area contributed by atoms with Gasteiger partial charge in [0.2, 0.25) is 0 Å². The highest BCUT2D eigenvalue weighted by atomic mass is 32.2.